The van der Waals surface area contributed by atoms with Gasteiger partial charge in [0.05, 0.1) is 18.8 Å². The number of ether oxygens (including phenoxy) is 1. The number of rotatable bonds is 3. The summed E-state index contributed by atoms with van der Waals surface area (Å²) in [6.45, 7) is 2.73. The first-order valence-electron chi connectivity index (χ1n) is 9.48. The van der Waals surface area contributed by atoms with E-state index in [1.807, 2.05) is 23.1 Å². The first-order chi connectivity index (χ1) is 13.0. The zero-order valence-corrected chi connectivity index (χ0v) is 15.3. The van der Waals surface area contributed by atoms with Crippen LogP contribution in [0.25, 0.3) is 0 Å². The molecule has 1 amide bonds. The fourth-order valence-corrected chi connectivity index (χ4v) is 4.15. The summed E-state index contributed by atoms with van der Waals surface area (Å²) in [5, 5.41) is 9.81. The summed E-state index contributed by atoms with van der Waals surface area (Å²) in [6, 6.07) is 14.2. The third-order valence-electron chi connectivity index (χ3n) is 5.74. The number of aliphatic hydroxyl groups is 1. The molecule has 0 radical (unpaired) electrons. The molecule has 4 rings (SSSR count). The fourth-order valence-electron chi connectivity index (χ4n) is 4.15. The number of carbonyl (C=O) groups is 1. The van der Waals surface area contributed by atoms with E-state index in [2.05, 4.69) is 6.07 Å². The van der Waals surface area contributed by atoms with Gasteiger partial charge in [0.2, 0.25) is 0 Å². The highest BCUT2D eigenvalue weighted by atomic mass is 19.1. The van der Waals surface area contributed by atoms with Crippen molar-refractivity contribution in [3.63, 3.8) is 0 Å². The van der Waals surface area contributed by atoms with Crippen molar-refractivity contribution in [2.75, 3.05) is 13.2 Å². The lowest BCUT2D eigenvalue weighted by atomic mass is 9.87. The second kappa shape index (κ2) is 7.41. The maximum atomic E-state index is 13.4. The quantitative estimate of drug-likeness (QED) is 0.905. The van der Waals surface area contributed by atoms with Crippen LogP contribution >= 0.6 is 0 Å². The molecule has 0 spiro atoms. The molecule has 142 valence electrons. The van der Waals surface area contributed by atoms with Crippen molar-refractivity contribution < 1.29 is 19.0 Å². The van der Waals surface area contributed by atoms with Crippen molar-refractivity contribution in [2.24, 2.45) is 5.92 Å². The lowest BCUT2D eigenvalue weighted by Crippen LogP contribution is -2.45. The van der Waals surface area contributed by atoms with Crippen molar-refractivity contribution in [2.45, 2.75) is 38.0 Å². The van der Waals surface area contributed by atoms with E-state index < -0.39 is 12.2 Å². The standard InChI is InChI=1S/C22H24FNO3/c1-14(25)17-12-20(27-13-17)22(26)24-11-10-15-4-2-3-5-19(15)21(24)16-6-8-18(23)9-7-16/h2-9,14,17,20-21,25H,10-13H2,1H3/t14-,17+,20+,21+/m1/s1. The number of benzene rings is 2. The first kappa shape index (κ1) is 18.1. The topological polar surface area (TPSA) is 49.8 Å². The molecular formula is C22H24FNO3. The zero-order valence-electron chi connectivity index (χ0n) is 15.3. The van der Waals surface area contributed by atoms with Gasteiger partial charge in [-0.15, -0.1) is 0 Å². The van der Waals surface area contributed by atoms with Crippen LogP contribution in [0.15, 0.2) is 48.5 Å². The van der Waals surface area contributed by atoms with E-state index in [1.54, 1.807) is 19.1 Å². The number of hydrogen-bond acceptors (Lipinski definition) is 3. The number of hydrogen-bond donors (Lipinski definition) is 1. The molecule has 27 heavy (non-hydrogen) atoms. The van der Waals surface area contributed by atoms with Crippen LogP contribution in [0.1, 0.15) is 36.1 Å². The number of nitrogens with zero attached hydrogens (tertiary/aromatic N) is 1. The van der Waals surface area contributed by atoms with Crippen molar-refractivity contribution >= 4 is 5.91 Å². The van der Waals surface area contributed by atoms with Crippen LogP contribution in [-0.2, 0) is 16.0 Å². The molecule has 0 aliphatic carbocycles. The van der Waals surface area contributed by atoms with Crippen LogP contribution in [0, 0.1) is 11.7 Å². The van der Waals surface area contributed by atoms with Gasteiger partial charge in [-0.05, 0) is 48.6 Å². The Labute approximate surface area is 158 Å². The molecule has 0 saturated carbocycles. The molecule has 4 atom stereocenters. The smallest absolute Gasteiger partial charge is 0.252 e. The van der Waals surface area contributed by atoms with Crippen LogP contribution < -0.4 is 0 Å². The van der Waals surface area contributed by atoms with Gasteiger partial charge in [-0.1, -0.05) is 36.4 Å². The van der Waals surface area contributed by atoms with E-state index in [0.717, 1.165) is 17.5 Å². The number of aliphatic hydroxyl groups excluding tert-OH is 1. The predicted octanol–water partition coefficient (Wildman–Crippen LogP) is 3.09. The Hall–Kier alpha value is -2.24. The normalized spacial score (nSPS) is 25.9. The molecular weight excluding hydrogens is 345 g/mol. The molecule has 5 heteroatoms. The molecule has 0 unspecified atom stereocenters. The van der Waals surface area contributed by atoms with E-state index in [0.29, 0.717) is 19.6 Å². The molecule has 1 fully saturated rings. The summed E-state index contributed by atoms with van der Waals surface area (Å²) in [5.41, 5.74) is 3.18. The Bertz CT molecular complexity index is 821. The minimum Gasteiger partial charge on any atom is -0.393 e. The van der Waals surface area contributed by atoms with Gasteiger partial charge in [-0.25, -0.2) is 4.39 Å². The molecule has 0 aromatic heterocycles. The zero-order chi connectivity index (χ0) is 19.0. The molecule has 2 aromatic rings. The van der Waals surface area contributed by atoms with Gasteiger partial charge in [-0.3, -0.25) is 4.79 Å². The van der Waals surface area contributed by atoms with E-state index >= 15 is 0 Å². The largest absolute Gasteiger partial charge is 0.393 e. The fraction of sp³-hybridized carbons (Fsp3) is 0.409. The molecule has 1 saturated heterocycles. The predicted molar refractivity (Wildman–Crippen MR) is 99.6 cm³/mol. The maximum absolute atomic E-state index is 13.4. The Balaban J connectivity index is 1.67. The Kier molecular flexibility index (Phi) is 4.98. The monoisotopic (exact) mass is 369 g/mol. The summed E-state index contributed by atoms with van der Waals surface area (Å²) in [7, 11) is 0. The lowest BCUT2D eigenvalue weighted by molar-refractivity contribution is -0.143. The molecule has 4 nitrogen and oxygen atoms in total. The average molecular weight is 369 g/mol. The van der Waals surface area contributed by atoms with Gasteiger partial charge in [0.15, 0.2) is 0 Å². The van der Waals surface area contributed by atoms with Crippen LogP contribution in [0.3, 0.4) is 0 Å². The van der Waals surface area contributed by atoms with E-state index in [9.17, 15) is 14.3 Å². The molecule has 2 heterocycles. The van der Waals surface area contributed by atoms with Crippen LogP contribution in [-0.4, -0.2) is 41.3 Å². The number of amides is 1. The van der Waals surface area contributed by atoms with Gasteiger partial charge >= 0.3 is 0 Å². The Morgan fingerprint density at radius 2 is 1.96 bits per heavy atom. The van der Waals surface area contributed by atoms with Gasteiger partial charge in [0.25, 0.3) is 5.91 Å². The van der Waals surface area contributed by atoms with E-state index in [-0.39, 0.29) is 23.7 Å². The number of fused-ring (bicyclic) bond motifs is 1. The average Bonchev–Trinajstić information content (AvgIpc) is 3.18. The van der Waals surface area contributed by atoms with Crippen molar-refractivity contribution in [1.29, 1.82) is 0 Å². The third kappa shape index (κ3) is 3.49. The molecule has 1 N–H and O–H groups in total. The third-order valence-corrected chi connectivity index (χ3v) is 5.74. The summed E-state index contributed by atoms with van der Waals surface area (Å²) >= 11 is 0. The summed E-state index contributed by atoms with van der Waals surface area (Å²) < 4.78 is 19.2. The summed E-state index contributed by atoms with van der Waals surface area (Å²) in [5.74, 6) is -0.359. The first-order valence-corrected chi connectivity index (χ1v) is 9.48. The SMILES string of the molecule is C[C@@H](O)[C@@H]1CO[C@H](C(=O)N2CCc3ccccc3[C@@H]2c2ccc(F)cc2)C1. The van der Waals surface area contributed by atoms with Crippen LogP contribution in [0.5, 0.6) is 0 Å². The van der Waals surface area contributed by atoms with Gasteiger partial charge < -0.3 is 14.7 Å². The minimum atomic E-state index is -0.530. The second-order valence-electron chi connectivity index (χ2n) is 7.49. The van der Waals surface area contributed by atoms with Gasteiger partial charge in [-0.2, -0.15) is 0 Å². The highest BCUT2D eigenvalue weighted by Gasteiger charge is 2.40. The van der Waals surface area contributed by atoms with Gasteiger partial charge in [0, 0.05) is 12.5 Å². The molecule has 2 aliphatic rings. The van der Waals surface area contributed by atoms with Crippen molar-refractivity contribution in [1.82, 2.24) is 4.90 Å². The number of halogens is 1. The molecule has 0 bridgehead atoms. The number of carbonyl (C=O) groups excluding carboxylic acids is 1. The summed E-state index contributed by atoms with van der Waals surface area (Å²) in [6.07, 6.45) is 0.298. The van der Waals surface area contributed by atoms with Crippen LogP contribution in [0.4, 0.5) is 4.39 Å². The van der Waals surface area contributed by atoms with E-state index in [4.69, 9.17) is 4.74 Å². The highest BCUT2D eigenvalue weighted by molar-refractivity contribution is 5.82. The lowest BCUT2D eigenvalue weighted by Gasteiger charge is -2.39. The Morgan fingerprint density at radius 1 is 1.22 bits per heavy atom. The van der Waals surface area contributed by atoms with Gasteiger partial charge in [0.1, 0.15) is 11.9 Å². The van der Waals surface area contributed by atoms with Crippen LogP contribution in [0.2, 0.25) is 0 Å². The molecule has 2 aliphatic heterocycles. The molecule has 2 aromatic carbocycles. The maximum Gasteiger partial charge on any atom is 0.252 e. The Morgan fingerprint density at radius 3 is 2.67 bits per heavy atom. The van der Waals surface area contributed by atoms with Crippen molar-refractivity contribution in [3.8, 4) is 0 Å². The highest BCUT2D eigenvalue weighted by Crippen LogP contribution is 2.37. The second-order valence-corrected chi connectivity index (χ2v) is 7.49. The summed E-state index contributed by atoms with van der Waals surface area (Å²) in [4.78, 5) is 15.1. The van der Waals surface area contributed by atoms with E-state index in [1.165, 1.54) is 17.7 Å². The minimum absolute atomic E-state index is 0.0136. The van der Waals surface area contributed by atoms with Crippen molar-refractivity contribution in [3.05, 3.63) is 71.0 Å².